The molecule has 5 saturated carbocycles. The van der Waals surface area contributed by atoms with Gasteiger partial charge in [-0.25, -0.2) is 0 Å². The summed E-state index contributed by atoms with van der Waals surface area (Å²) in [6.07, 6.45) is 36.8. The van der Waals surface area contributed by atoms with E-state index in [9.17, 15) is 0 Å². The lowest BCUT2D eigenvalue weighted by Gasteiger charge is -2.36. The molecule has 2 atom stereocenters. The van der Waals surface area contributed by atoms with Crippen molar-refractivity contribution in [2.75, 3.05) is 0 Å². The van der Waals surface area contributed by atoms with Gasteiger partial charge in [0.2, 0.25) is 0 Å². The van der Waals surface area contributed by atoms with Crippen LogP contribution in [-0.4, -0.2) is 12.1 Å². The Morgan fingerprint density at radius 2 is 0.848 bits per heavy atom. The van der Waals surface area contributed by atoms with Crippen LogP contribution < -0.4 is 5.32 Å². The second kappa shape index (κ2) is 12.8. The van der Waals surface area contributed by atoms with Crippen LogP contribution in [0.25, 0.3) is 0 Å². The first-order chi connectivity index (χ1) is 16.3. The molecule has 0 amide bonds. The largest absolute Gasteiger partial charge is 0.311 e. The molecule has 33 heavy (non-hydrogen) atoms. The number of hydrogen-bond acceptors (Lipinski definition) is 1. The molecule has 1 nitrogen and oxygen atoms in total. The van der Waals surface area contributed by atoms with Crippen LogP contribution in [0.15, 0.2) is 0 Å². The third kappa shape index (κ3) is 7.24. The molecule has 0 radical (unpaired) electrons. The van der Waals surface area contributed by atoms with E-state index in [1.54, 1.807) is 64.2 Å². The van der Waals surface area contributed by atoms with Crippen molar-refractivity contribution in [3.8, 4) is 0 Å². The summed E-state index contributed by atoms with van der Waals surface area (Å²) >= 11 is 0. The van der Waals surface area contributed by atoms with E-state index < -0.39 is 0 Å². The van der Waals surface area contributed by atoms with Gasteiger partial charge in [-0.1, -0.05) is 96.3 Å². The van der Waals surface area contributed by atoms with Gasteiger partial charge in [0.1, 0.15) is 0 Å². The highest BCUT2D eigenvalue weighted by atomic mass is 15.0. The average molecular weight is 456 g/mol. The van der Waals surface area contributed by atoms with Crippen molar-refractivity contribution in [3.05, 3.63) is 0 Å². The van der Waals surface area contributed by atoms with Crippen molar-refractivity contribution in [1.82, 2.24) is 5.32 Å². The maximum Gasteiger partial charge on any atom is 0.00724 e. The first-order valence-corrected chi connectivity index (χ1v) is 16.1. The smallest absolute Gasteiger partial charge is 0.00724 e. The minimum absolute atomic E-state index is 0.853. The first-order valence-electron chi connectivity index (χ1n) is 16.1. The van der Waals surface area contributed by atoms with E-state index in [1.165, 1.54) is 89.9 Å². The Hall–Kier alpha value is -0.0400. The Morgan fingerprint density at radius 3 is 1.45 bits per heavy atom. The predicted molar refractivity (Wildman–Crippen MR) is 142 cm³/mol. The number of hydrogen-bond donors (Lipinski definition) is 1. The van der Waals surface area contributed by atoms with Crippen molar-refractivity contribution in [3.63, 3.8) is 0 Å². The van der Waals surface area contributed by atoms with E-state index in [-0.39, 0.29) is 0 Å². The van der Waals surface area contributed by atoms with Gasteiger partial charge in [-0.2, -0.15) is 0 Å². The summed E-state index contributed by atoms with van der Waals surface area (Å²) in [6.45, 7) is 0. The van der Waals surface area contributed by atoms with E-state index in [2.05, 4.69) is 5.32 Å². The molecule has 5 fully saturated rings. The molecule has 0 bridgehead atoms. The molecule has 1 heteroatoms. The second-order valence-corrected chi connectivity index (χ2v) is 13.7. The molecule has 0 spiro atoms. The van der Waals surface area contributed by atoms with E-state index in [4.69, 9.17) is 0 Å². The van der Waals surface area contributed by atoms with Gasteiger partial charge < -0.3 is 5.32 Å². The molecule has 0 saturated heterocycles. The summed E-state index contributed by atoms with van der Waals surface area (Å²) in [5.74, 6) is 6.52. The fraction of sp³-hybridized carbons (Fsp3) is 1.00. The Balaban J connectivity index is 0.913. The van der Waals surface area contributed by atoms with Gasteiger partial charge in [0.15, 0.2) is 0 Å². The standard InChI is InChI=1S/C32H57N/c1-3-10-27(11-4-1)29-18-14-25(15-19-29)8-7-9-26-16-21-31(22-17-26)33-32-23-20-30(24-32)28-12-5-2-6-13-28/h25-33H,1-24H2. The molecular formula is C32H57N. The topological polar surface area (TPSA) is 12.0 Å². The quantitative estimate of drug-likeness (QED) is 0.384. The second-order valence-electron chi connectivity index (χ2n) is 13.7. The van der Waals surface area contributed by atoms with Gasteiger partial charge in [-0.15, -0.1) is 0 Å². The van der Waals surface area contributed by atoms with Gasteiger partial charge >= 0.3 is 0 Å². The summed E-state index contributed by atoms with van der Waals surface area (Å²) in [6, 6.07) is 1.72. The Bertz CT molecular complexity index is 529. The highest BCUT2D eigenvalue weighted by molar-refractivity contribution is 4.89. The van der Waals surface area contributed by atoms with Gasteiger partial charge in [-0.05, 0) is 93.3 Å². The monoisotopic (exact) mass is 455 g/mol. The van der Waals surface area contributed by atoms with Crippen LogP contribution in [0.4, 0.5) is 0 Å². The third-order valence-electron chi connectivity index (χ3n) is 11.5. The van der Waals surface area contributed by atoms with E-state index >= 15 is 0 Å². The van der Waals surface area contributed by atoms with Gasteiger partial charge in [0.05, 0.1) is 0 Å². The lowest BCUT2D eigenvalue weighted by molar-refractivity contribution is 0.160. The summed E-state index contributed by atoms with van der Waals surface area (Å²) in [7, 11) is 0. The average Bonchev–Trinajstić information content (AvgIpc) is 3.35. The maximum atomic E-state index is 4.15. The van der Waals surface area contributed by atoms with Crippen LogP contribution in [-0.2, 0) is 0 Å². The molecule has 5 rings (SSSR count). The van der Waals surface area contributed by atoms with Crippen molar-refractivity contribution < 1.29 is 0 Å². The molecule has 190 valence electrons. The highest BCUT2D eigenvalue weighted by Gasteiger charge is 2.33. The Labute approximate surface area is 207 Å². The van der Waals surface area contributed by atoms with Gasteiger partial charge in [-0.3, -0.25) is 0 Å². The molecule has 0 aromatic heterocycles. The molecular weight excluding hydrogens is 398 g/mol. The molecule has 0 aliphatic heterocycles. The lowest BCUT2D eigenvalue weighted by atomic mass is 9.70. The van der Waals surface area contributed by atoms with E-state index in [1.807, 2.05) is 0 Å². The molecule has 0 aromatic carbocycles. The molecule has 5 aliphatic carbocycles. The zero-order valence-corrected chi connectivity index (χ0v) is 22.1. The molecule has 0 aromatic rings. The minimum atomic E-state index is 0.853. The normalized spacial score (nSPS) is 39.6. The summed E-state index contributed by atoms with van der Waals surface area (Å²) < 4.78 is 0. The van der Waals surface area contributed by atoms with Gasteiger partial charge in [0, 0.05) is 12.1 Å². The molecule has 0 heterocycles. The van der Waals surface area contributed by atoms with Crippen LogP contribution in [0.3, 0.4) is 0 Å². The van der Waals surface area contributed by atoms with Crippen molar-refractivity contribution in [2.45, 2.75) is 166 Å². The van der Waals surface area contributed by atoms with Crippen LogP contribution in [0, 0.1) is 35.5 Å². The summed E-state index contributed by atoms with van der Waals surface area (Å²) in [5.41, 5.74) is 0. The lowest BCUT2D eigenvalue weighted by Crippen LogP contribution is -2.39. The fourth-order valence-corrected chi connectivity index (χ4v) is 9.40. The van der Waals surface area contributed by atoms with Crippen LogP contribution in [0.2, 0.25) is 0 Å². The fourth-order valence-electron chi connectivity index (χ4n) is 9.40. The Morgan fingerprint density at radius 1 is 0.394 bits per heavy atom. The summed E-state index contributed by atoms with van der Waals surface area (Å²) in [4.78, 5) is 0. The predicted octanol–water partition coefficient (Wildman–Crippen LogP) is 9.44. The van der Waals surface area contributed by atoms with Crippen LogP contribution >= 0.6 is 0 Å². The van der Waals surface area contributed by atoms with Crippen molar-refractivity contribution in [1.29, 1.82) is 0 Å². The maximum absolute atomic E-state index is 4.15. The van der Waals surface area contributed by atoms with Gasteiger partial charge in [0.25, 0.3) is 0 Å². The zero-order valence-electron chi connectivity index (χ0n) is 22.1. The molecule has 5 aliphatic rings. The first kappa shape index (κ1) is 24.6. The highest BCUT2D eigenvalue weighted by Crippen LogP contribution is 2.42. The number of nitrogens with one attached hydrogen (secondary N) is 1. The van der Waals surface area contributed by atoms with E-state index in [0.717, 1.165) is 47.6 Å². The molecule has 1 N–H and O–H groups in total. The third-order valence-corrected chi connectivity index (χ3v) is 11.5. The SMILES string of the molecule is C1CCC(C2CCC(CCCC3CCC(NC4CCC(C5CCCCC5)C4)CC3)CC2)CC1. The van der Waals surface area contributed by atoms with Crippen LogP contribution in [0.1, 0.15) is 154 Å². The minimum Gasteiger partial charge on any atom is -0.311 e. The zero-order chi connectivity index (χ0) is 22.3. The Kier molecular flexibility index (Phi) is 9.54. The summed E-state index contributed by atoms with van der Waals surface area (Å²) in [5, 5.41) is 4.15. The van der Waals surface area contributed by atoms with Crippen molar-refractivity contribution in [2.24, 2.45) is 35.5 Å². The van der Waals surface area contributed by atoms with E-state index in [0.29, 0.717) is 0 Å². The molecule has 2 unspecified atom stereocenters. The number of rotatable bonds is 8. The van der Waals surface area contributed by atoms with Crippen LogP contribution in [0.5, 0.6) is 0 Å². The van der Waals surface area contributed by atoms with Crippen molar-refractivity contribution >= 4 is 0 Å².